The maximum Gasteiger partial charge on any atom is 0.0564 e. The van der Waals surface area contributed by atoms with Crippen molar-refractivity contribution < 1.29 is 0 Å². The molecule has 0 bridgehead atoms. The lowest BCUT2D eigenvalue weighted by Crippen LogP contribution is -2.37. The largest absolute Gasteiger partial charge is 0.388 e. The normalized spacial score (nSPS) is 19.9. The average molecular weight is 219 g/mol. The molecule has 0 atom stereocenters. The maximum absolute atomic E-state index is 4.43. The Bertz CT molecular complexity index is 360. The Labute approximate surface area is 97.9 Å². The van der Waals surface area contributed by atoms with Gasteiger partial charge in [-0.1, -0.05) is 0 Å². The van der Waals surface area contributed by atoms with Crippen molar-refractivity contribution in [2.75, 3.05) is 18.9 Å². The number of hydrogen-bond donors (Lipinski definition) is 1. The Balaban J connectivity index is 2.08. The minimum atomic E-state index is 0.331. The highest BCUT2D eigenvalue weighted by atomic mass is 15.2. The van der Waals surface area contributed by atoms with E-state index in [1.165, 1.54) is 19.4 Å². The van der Waals surface area contributed by atoms with Crippen molar-refractivity contribution in [2.45, 2.75) is 38.8 Å². The molecule has 88 valence electrons. The fraction of sp³-hybridized carbons (Fsp3) is 0.615. The zero-order chi connectivity index (χ0) is 11.6. The molecule has 0 saturated carbocycles. The van der Waals surface area contributed by atoms with Crippen molar-refractivity contribution in [3.8, 4) is 0 Å². The molecule has 1 aliphatic rings. The summed E-state index contributed by atoms with van der Waals surface area (Å²) in [6, 6.07) is 4.13. The van der Waals surface area contributed by atoms with Crippen molar-refractivity contribution in [1.29, 1.82) is 0 Å². The van der Waals surface area contributed by atoms with Crippen LogP contribution in [0, 0.1) is 0 Å². The Morgan fingerprint density at radius 1 is 1.50 bits per heavy atom. The third kappa shape index (κ3) is 2.35. The summed E-state index contributed by atoms with van der Waals surface area (Å²) in [5.41, 5.74) is 2.63. The summed E-state index contributed by atoms with van der Waals surface area (Å²) in [4.78, 5) is 6.96. The first-order chi connectivity index (χ1) is 7.62. The summed E-state index contributed by atoms with van der Waals surface area (Å²) in [5, 5.41) is 3.15. The zero-order valence-corrected chi connectivity index (χ0v) is 10.5. The lowest BCUT2D eigenvalue weighted by molar-refractivity contribution is 0.164. The fourth-order valence-electron chi connectivity index (χ4n) is 2.37. The van der Waals surface area contributed by atoms with Crippen LogP contribution in [0.5, 0.6) is 0 Å². The summed E-state index contributed by atoms with van der Waals surface area (Å²) in [6.45, 7) is 6.80. The van der Waals surface area contributed by atoms with E-state index in [9.17, 15) is 0 Å². The Morgan fingerprint density at radius 2 is 2.31 bits per heavy atom. The van der Waals surface area contributed by atoms with Gasteiger partial charge in [0.25, 0.3) is 0 Å². The van der Waals surface area contributed by atoms with E-state index >= 15 is 0 Å². The molecule has 0 aromatic carbocycles. The molecule has 1 saturated heterocycles. The summed E-state index contributed by atoms with van der Waals surface area (Å²) in [5.74, 6) is 0. The van der Waals surface area contributed by atoms with Gasteiger partial charge in [-0.05, 0) is 45.4 Å². The molecule has 1 aliphatic heterocycles. The smallest absolute Gasteiger partial charge is 0.0564 e. The Kier molecular flexibility index (Phi) is 3.15. The van der Waals surface area contributed by atoms with E-state index in [0.29, 0.717) is 5.54 Å². The number of likely N-dealkylation sites (tertiary alicyclic amines) is 1. The maximum atomic E-state index is 4.43. The monoisotopic (exact) mass is 219 g/mol. The number of aromatic nitrogens is 1. The first-order valence-electron chi connectivity index (χ1n) is 5.99. The third-order valence-electron chi connectivity index (χ3n) is 3.53. The van der Waals surface area contributed by atoms with Crippen LogP contribution in [0.2, 0.25) is 0 Å². The molecule has 2 heterocycles. The lowest BCUT2D eigenvalue weighted by atomic mass is 10.0. The van der Waals surface area contributed by atoms with Crippen molar-refractivity contribution >= 4 is 5.69 Å². The number of anilines is 1. The summed E-state index contributed by atoms with van der Waals surface area (Å²) < 4.78 is 0. The van der Waals surface area contributed by atoms with Crippen LogP contribution in [0.1, 0.15) is 32.4 Å². The van der Waals surface area contributed by atoms with Gasteiger partial charge in [0.15, 0.2) is 0 Å². The third-order valence-corrected chi connectivity index (χ3v) is 3.53. The highest BCUT2D eigenvalue weighted by Gasteiger charge is 2.31. The molecule has 0 spiro atoms. The Morgan fingerprint density at radius 3 is 2.94 bits per heavy atom. The standard InChI is InChI=1S/C13H21N3/c1-13(2)6-4-8-16(13)10-12-9-11(14-3)5-7-15-12/h5,7,9H,4,6,8,10H2,1-3H3,(H,14,15). The van der Waals surface area contributed by atoms with Crippen LogP contribution in [0.4, 0.5) is 5.69 Å². The SMILES string of the molecule is CNc1ccnc(CN2CCCC2(C)C)c1. The molecule has 1 aromatic heterocycles. The average Bonchev–Trinajstić information content (AvgIpc) is 2.59. The van der Waals surface area contributed by atoms with Gasteiger partial charge in [0.2, 0.25) is 0 Å². The van der Waals surface area contributed by atoms with Gasteiger partial charge in [0.05, 0.1) is 5.69 Å². The van der Waals surface area contributed by atoms with Crippen molar-refractivity contribution in [3.63, 3.8) is 0 Å². The molecule has 0 amide bonds. The molecule has 3 nitrogen and oxygen atoms in total. The van der Waals surface area contributed by atoms with E-state index < -0.39 is 0 Å². The molecule has 1 aromatic rings. The predicted octanol–water partition coefficient (Wildman–Crippen LogP) is 2.50. The van der Waals surface area contributed by atoms with E-state index in [0.717, 1.165) is 17.9 Å². The number of rotatable bonds is 3. The zero-order valence-electron chi connectivity index (χ0n) is 10.5. The summed E-state index contributed by atoms with van der Waals surface area (Å²) >= 11 is 0. The first-order valence-corrected chi connectivity index (χ1v) is 5.99. The first kappa shape index (κ1) is 11.4. The number of hydrogen-bond acceptors (Lipinski definition) is 3. The van der Waals surface area contributed by atoms with Crippen molar-refractivity contribution in [2.24, 2.45) is 0 Å². The van der Waals surface area contributed by atoms with Gasteiger partial charge in [0, 0.05) is 31.0 Å². The van der Waals surface area contributed by atoms with Crippen molar-refractivity contribution in [1.82, 2.24) is 9.88 Å². The molecule has 2 rings (SSSR count). The van der Waals surface area contributed by atoms with Gasteiger partial charge in [-0.15, -0.1) is 0 Å². The fourth-order valence-corrected chi connectivity index (χ4v) is 2.37. The van der Waals surface area contributed by atoms with Crippen LogP contribution < -0.4 is 5.32 Å². The lowest BCUT2D eigenvalue weighted by Gasteiger charge is -2.31. The van der Waals surface area contributed by atoms with Gasteiger partial charge in [-0.25, -0.2) is 0 Å². The number of pyridine rings is 1. The minimum absolute atomic E-state index is 0.331. The van der Waals surface area contributed by atoms with E-state index in [1.807, 2.05) is 19.3 Å². The molecule has 1 fully saturated rings. The van der Waals surface area contributed by atoms with Gasteiger partial charge in [-0.3, -0.25) is 9.88 Å². The highest BCUT2D eigenvalue weighted by Crippen LogP contribution is 2.29. The highest BCUT2D eigenvalue weighted by molar-refractivity contribution is 5.42. The van der Waals surface area contributed by atoms with Crippen LogP contribution >= 0.6 is 0 Å². The topological polar surface area (TPSA) is 28.2 Å². The molecular formula is C13H21N3. The summed E-state index contributed by atoms with van der Waals surface area (Å²) in [7, 11) is 1.94. The van der Waals surface area contributed by atoms with Gasteiger partial charge in [-0.2, -0.15) is 0 Å². The van der Waals surface area contributed by atoms with Crippen molar-refractivity contribution in [3.05, 3.63) is 24.0 Å². The molecule has 0 aliphatic carbocycles. The summed E-state index contributed by atoms with van der Waals surface area (Å²) in [6.07, 6.45) is 4.47. The second-order valence-corrected chi connectivity index (χ2v) is 5.12. The van der Waals surface area contributed by atoms with Gasteiger partial charge < -0.3 is 5.32 Å². The quantitative estimate of drug-likeness (QED) is 0.846. The van der Waals surface area contributed by atoms with E-state index in [-0.39, 0.29) is 0 Å². The molecule has 16 heavy (non-hydrogen) atoms. The van der Waals surface area contributed by atoms with Crippen LogP contribution in [-0.4, -0.2) is 29.0 Å². The van der Waals surface area contributed by atoms with E-state index in [1.54, 1.807) is 0 Å². The van der Waals surface area contributed by atoms with Gasteiger partial charge >= 0.3 is 0 Å². The van der Waals surface area contributed by atoms with Crippen LogP contribution in [0.25, 0.3) is 0 Å². The van der Waals surface area contributed by atoms with Crippen LogP contribution in [0.15, 0.2) is 18.3 Å². The van der Waals surface area contributed by atoms with E-state index in [4.69, 9.17) is 0 Å². The second kappa shape index (κ2) is 4.42. The molecule has 3 heteroatoms. The van der Waals surface area contributed by atoms with Gasteiger partial charge in [0.1, 0.15) is 0 Å². The second-order valence-electron chi connectivity index (χ2n) is 5.12. The number of nitrogens with zero attached hydrogens (tertiary/aromatic N) is 2. The van der Waals surface area contributed by atoms with E-state index in [2.05, 4.69) is 35.1 Å². The Hall–Kier alpha value is -1.09. The molecule has 0 unspecified atom stereocenters. The molecule has 1 N–H and O–H groups in total. The minimum Gasteiger partial charge on any atom is -0.388 e. The number of nitrogens with one attached hydrogen (secondary N) is 1. The predicted molar refractivity (Wildman–Crippen MR) is 67.5 cm³/mol. The molecular weight excluding hydrogens is 198 g/mol. The molecule has 0 radical (unpaired) electrons. The van der Waals surface area contributed by atoms with Crippen LogP contribution in [0.3, 0.4) is 0 Å². The van der Waals surface area contributed by atoms with Crippen LogP contribution in [-0.2, 0) is 6.54 Å².